The molecule has 1 radical (unpaired) electrons. The van der Waals surface area contributed by atoms with Gasteiger partial charge in [-0.15, -0.1) is 0 Å². The van der Waals surface area contributed by atoms with Crippen molar-refractivity contribution in [3.8, 4) is 0 Å². The Hall–Kier alpha value is -0.332. The Morgan fingerprint density at radius 3 is 2.89 bits per heavy atom. The van der Waals surface area contributed by atoms with E-state index in [9.17, 15) is 0 Å². The molecule has 9 heavy (non-hydrogen) atoms. The number of pyridine rings is 1. The third kappa shape index (κ3) is 1.54. The Kier molecular flexibility index (Phi) is 2.26. The van der Waals surface area contributed by atoms with E-state index in [1.807, 2.05) is 12.1 Å². The molecule has 1 aromatic heterocycles. The molecule has 1 N–H and O–H groups in total. The number of hydrogen-bond acceptors (Lipinski definition) is 1. The number of aromatic nitrogens is 1. The van der Waals surface area contributed by atoms with Gasteiger partial charge in [-0.2, -0.15) is 0 Å². The number of rotatable bonds is 1. The van der Waals surface area contributed by atoms with E-state index < -0.39 is 0 Å². The van der Waals surface area contributed by atoms with Gasteiger partial charge in [-0.25, -0.2) is 0 Å². The summed E-state index contributed by atoms with van der Waals surface area (Å²) in [4.78, 5) is 4.06. The fourth-order valence-electron chi connectivity index (χ4n) is 0.600. The first-order valence-electron chi connectivity index (χ1n) is 2.68. The predicted octanol–water partition coefficient (Wildman–Crippen LogP) is -0.877. The van der Waals surface area contributed by atoms with E-state index >= 15 is 0 Å². The topological polar surface area (TPSA) is 36.7 Å². The van der Waals surface area contributed by atoms with Crippen LogP contribution in [0.5, 0.6) is 0 Å². The minimum atomic E-state index is 0.349. The van der Waals surface area contributed by atoms with E-state index in [0.717, 1.165) is 10.0 Å². The van der Waals surface area contributed by atoms with Gasteiger partial charge in [0.2, 0.25) is 0 Å². The van der Waals surface area contributed by atoms with Gasteiger partial charge in [-0.05, 0) is 0 Å². The SMILES string of the molecule is [NH]Cc1cccnc1[AsH2]. The third-order valence-corrected chi connectivity index (χ3v) is 2.21. The van der Waals surface area contributed by atoms with Crippen molar-refractivity contribution in [2.24, 2.45) is 0 Å². The van der Waals surface area contributed by atoms with Crippen LogP contribution < -0.4 is 10.2 Å². The van der Waals surface area contributed by atoms with E-state index in [4.69, 9.17) is 5.73 Å². The Morgan fingerprint density at radius 1 is 1.67 bits per heavy atom. The van der Waals surface area contributed by atoms with Crippen LogP contribution in [0.3, 0.4) is 0 Å². The van der Waals surface area contributed by atoms with Gasteiger partial charge in [0.15, 0.2) is 0 Å². The monoisotopic (exact) mass is 183 g/mol. The molecule has 1 heterocycles. The van der Waals surface area contributed by atoms with E-state index in [1.54, 1.807) is 6.20 Å². The number of hydrogen-bond donors (Lipinski definition) is 0. The molecule has 0 aliphatic rings. The third-order valence-electron chi connectivity index (χ3n) is 1.12. The maximum atomic E-state index is 7.05. The standard InChI is InChI=1S/C6H8AsN2/c7-6-5(4-8)2-1-3-9-6/h1-3,8H,4,7H2. The summed E-state index contributed by atoms with van der Waals surface area (Å²) in [7, 11) is 0. The van der Waals surface area contributed by atoms with Crippen molar-refractivity contribution < 1.29 is 0 Å². The number of nitrogens with zero attached hydrogens (tertiary/aromatic N) is 1. The molecule has 0 amide bonds. The summed E-state index contributed by atoms with van der Waals surface area (Å²) in [5.41, 5.74) is 8.09. The van der Waals surface area contributed by atoms with Crippen molar-refractivity contribution in [2.75, 3.05) is 0 Å². The van der Waals surface area contributed by atoms with Crippen LogP contribution in [-0.4, -0.2) is 21.8 Å². The van der Waals surface area contributed by atoms with Gasteiger partial charge < -0.3 is 0 Å². The van der Waals surface area contributed by atoms with Crippen LogP contribution in [0.15, 0.2) is 18.3 Å². The molecule has 0 aromatic carbocycles. The average Bonchev–Trinajstić information content (AvgIpc) is 1.89. The van der Waals surface area contributed by atoms with Crippen molar-refractivity contribution >= 4 is 21.3 Å². The second-order valence-electron chi connectivity index (χ2n) is 1.72. The molecule has 1 aromatic rings. The summed E-state index contributed by atoms with van der Waals surface area (Å²) in [6, 6.07) is 3.81. The summed E-state index contributed by atoms with van der Waals surface area (Å²) in [6.45, 7) is 0.349. The van der Waals surface area contributed by atoms with Crippen molar-refractivity contribution in [2.45, 2.75) is 6.54 Å². The molecule has 1 unspecified atom stereocenters. The number of nitrogens with one attached hydrogen (secondary N) is 1. The first-order chi connectivity index (χ1) is 4.34. The fourth-order valence-corrected chi connectivity index (χ4v) is 1.20. The summed E-state index contributed by atoms with van der Waals surface area (Å²) in [6.07, 6.45) is 1.76. The van der Waals surface area contributed by atoms with Crippen molar-refractivity contribution in [1.82, 2.24) is 10.7 Å². The van der Waals surface area contributed by atoms with Gasteiger partial charge in [0.05, 0.1) is 0 Å². The van der Waals surface area contributed by atoms with E-state index in [1.165, 1.54) is 16.9 Å². The van der Waals surface area contributed by atoms with Crippen molar-refractivity contribution in [3.05, 3.63) is 23.9 Å². The van der Waals surface area contributed by atoms with Gasteiger partial charge in [-0.1, -0.05) is 0 Å². The van der Waals surface area contributed by atoms with Crippen LogP contribution in [0, 0.1) is 0 Å². The second-order valence-corrected chi connectivity index (χ2v) is 2.87. The predicted molar refractivity (Wildman–Crippen MR) is 39.2 cm³/mol. The van der Waals surface area contributed by atoms with Crippen LogP contribution >= 0.6 is 0 Å². The molecular formula is C6H8AsN2. The normalized spacial score (nSPS) is 9.56. The van der Waals surface area contributed by atoms with E-state index in [0.29, 0.717) is 6.54 Å². The Bertz CT molecular complexity index is 200. The molecule has 1 atom stereocenters. The maximum absolute atomic E-state index is 7.05. The first kappa shape index (κ1) is 6.78. The van der Waals surface area contributed by atoms with E-state index in [2.05, 4.69) is 4.98 Å². The van der Waals surface area contributed by atoms with Crippen molar-refractivity contribution in [3.63, 3.8) is 0 Å². The molecule has 2 nitrogen and oxygen atoms in total. The molecule has 0 fully saturated rings. The Labute approximate surface area is 63.0 Å². The molecule has 47 valence electrons. The molecule has 3 heteroatoms. The van der Waals surface area contributed by atoms with Crippen LogP contribution in [0.25, 0.3) is 0 Å². The second kappa shape index (κ2) is 3.00. The fraction of sp³-hybridized carbons (Fsp3) is 0.167. The summed E-state index contributed by atoms with van der Waals surface area (Å²) in [5.74, 6) is 0. The van der Waals surface area contributed by atoms with Gasteiger partial charge in [0.1, 0.15) is 0 Å². The first-order valence-corrected chi connectivity index (χ1v) is 3.89. The average molecular weight is 183 g/mol. The quantitative estimate of drug-likeness (QED) is 0.521. The van der Waals surface area contributed by atoms with Crippen LogP contribution in [-0.2, 0) is 6.54 Å². The zero-order valence-corrected chi connectivity index (χ0v) is 7.39. The van der Waals surface area contributed by atoms with Gasteiger partial charge in [0.25, 0.3) is 0 Å². The van der Waals surface area contributed by atoms with Crippen molar-refractivity contribution in [1.29, 1.82) is 0 Å². The zero-order chi connectivity index (χ0) is 6.69. The zero-order valence-electron chi connectivity index (χ0n) is 4.96. The summed E-state index contributed by atoms with van der Waals surface area (Å²) >= 11 is 1.49. The summed E-state index contributed by atoms with van der Waals surface area (Å²) in [5, 5.41) is 0. The molecular weight excluding hydrogens is 175 g/mol. The van der Waals surface area contributed by atoms with Gasteiger partial charge in [-0.3, -0.25) is 0 Å². The Morgan fingerprint density at radius 2 is 2.44 bits per heavy atom. The van der Waals surface area contributed by atoms with E-state index in [-0.39, 0.29) is 0 Å². The van der Waals surface area contributed by atoms with Crippen LogP contribution in [0.1, 0.15) is 5.56 Å². The van der Waals surface area contributed by atoms with Crippen LogP contribution in [0.2, 0.25) is 0 Å². The molecule has 0 spiro atoms. The minimum absolute atomic E-state index is 0.349. The Balaban J connectivity index is 3.01. The van der Waals surface area contributed by atoms with Crippen LogP contribution in [0.4, 0.5) is 0 Å². The molecule has 0 saturated carbocycles. The molecule has 0 aliphatic heterocycles. The van der Waals surface area contributed by atoms with Gasteiger partial charge >= 0.3 is 62.5 Å². The molecule has 0 bridgehead atoms. The molecule has 0 saturated heterocycles. The molecule has 0 aliphatic carbocycles. The molecule has 1 rings (SSSR count). The van der Waals surface area contributed by atoms with Gasteiger partial charge in [0, 0.05) is 0 Å². The summed E-state index contributed by atoms with van der Waals surface area (Å²) < 4.78 is 1.03.